The zero-order valence-electron chi connectivity index (χ0n) is 15.2. The predicted molar refractivity (Wildman–Crippen MR) is 101 cm³/mol. The Morgan fingerprint density at radius 2 is 2.04 bits per heavy atom. The molecule has 0 aliphatic rings. The third kappa shape index (κ3) is 5.04. The number of ether oxygens (including phenoxy) is 2. The molecule has 0 bridgehead atoms. The van der Waals surface area contributed by atoms with E-state index in [1.807, 2.05) is 24.4 Å². The van der Waals surface area contributed by atoms with Gasteiger partial charge in [0, 0.05) is 35.8 Å². The van der Waals surface area contributed by atoms with Gasteiger partial charge in [-0.15, -0.1) is 0 Å². The van der Waals surface area contributed by atoms with Gasteiger partial charge in [-0.05, 0) is 39.0 Å². The summed E-state index contributed by atoms with van der Waals surface area (Å²) < 4.78 is 12.3. The van der Waals surface area contributed by atoms with Crippen molar-refractivity contribution in [3.05, 3.63) is 54.1 Å². The first-order chi connectivity index (χ1) is 12.8. The van der Waals surface area contributed by atoms with Crippen LogP contribution in [-0.2, 0) is 9.53 Å². The zero-order valence-corrected chi connectivity index (χ0v) is 16.0. The molecule has 3 aromatic heterocycles. The van der Waals surface area contributed by atoms with Crippen LogP contribution < -0.4 is 4.74 Å². The average molecular weight is 387 g/mol. The predicted octanol–water partition coefficient (Wildman–Crippen LogP) is 3.70. The van der Waals surface area contributed by atoms with Gasteiger partial charge in [-0.3, -0.25) is 0 Å². The van der Waals surface area contributed by atoms with Crippen LogP contribution in [-0.4, -0.2) is 37.9 Å². The fraction of sp³-hybridized carbons (Fsp3) is 0.263. The number of esters is 1. The molecule has 0 saturated carbocycles. The molecular formula is C19H19ClN4O3. The molecule has 3 aromatic rings. The lowest BCUT2D eigenvalue weighted by molar-refractivity contribution is -0.157. The Morgan fingerprint density at radius 1 is 1.22 bits per heavy atom. The molecular weight excluding hydrogens is 368 g/mol. The maximum Gasteiger partial charge on any atom is 0.344 e. The molecule has 0 aromatic carbocycles. The van der Waals surface area contributed by atoms with Crippen LogP contribution in [0.5, 0.6) is 5.88 Å². The molecule has 0 aliphatic heterocycles. The number of rotatable bonds is 5. The average Bonchev–Trinajstić information content (AvgIpc) is 3.14. The number of pyridine rings is 2. The van der Waals surface area contributed by atoms with E-state index in [1.165, 1.54) is 6.20 Å². The molecule has 140 valence electrons. The van der Waals surface area contributed by atoms with E-state index in [9.17, 15) is 4.79 Å². The Kier molecular flexibility index (Phi) is 5.41. The molecule has 27 heavy (non-hydrogen) atoms. The van der Waals surface area contributed by atoms with Crippen LogP contribution in [0.25, 0.3) is 16.9 Å². The van der Waals surface area contributed by atoms with E-state index in [4.69, 9.17) is 21.1 Å². The van der Waals surface area contributed by atoms with Crippen molar-refractivity contribution in [2.45, 2.75) is 26.4 Å². The van der Waals surface area contributed by atoms with E-state index < -0.39 is 11.6 Å². The van der Waals surface area contributed by atoms with Crippen molar-refractivity contribution in [2.75, 3.05) is 6.61 Å². The quantitative estimate of drug-likeness (QED) is 0.622. The molecule has 0 unspecified atom stereocenters. The summed E-state index contributed by atoms with van der Waals surface area (Å²) in [6, 6.07) is 7.20. The van der Waals surface area contributed by atoms with Gasteiger partial charge in [0.2, 0.25) is 5.88 Å². The van der Waals surface area contributed by atoms with Crippen LogP contribution in [0.4, 0.5) is 0 Å². The maximum absolute atomic E-state index is 11.8. The lowest BCUT2D eigenvalue weighted by Gasteiger charge is -2.19. The van der Waals surface area contributed by atoms with Crippen LogP contribution in [0.3, 0.4) is 0 Å². The van der Waals surface area contributed by atoms with E-state index in [2.05, 4.69) is 15.1 Å². The molecule has 3 heterocycles. The Morgan fingerprint density at radius 3 is 2.67 bits per heavy atom. The topological polar surface area (TPSA) is 79.1 Å². The zero-order chi connectivity index (χ0) is 19.4. The summed E-state index contributed by atoms with van der Waals surface area (Å²) in [7, 11) is 0. The molecule has 8 heteroatoms. The summed E-state index contributed by atoms with van der Waals surface area (Å²) in [4.78, 5) is 20.3. The molecule has 0 fully saturated rings. The smallest absolute Gasteiger partial charge is 0.344 e. The van der Waals surface area contributed by atoms with E-state index in [0.29, 0.717) is 16.4 Å². The summed E-state index contributed by atoms with van der Waals surface area (Å²) >= 11 is 6.26. The summed E-state index contributed by atoms with van der Waals surface area (Å²) in [5.41, 5.74) is 0.923. The van der Waals surface area contributed by atoms with Crippen LogP contribution in [0, 0.1) is 0 Å². The summed E-state index contributed by atoms with van der Waals surface area (Å²) in [5, 5.41) is 4.59. The molecule has 3 rings (SSSR count). The second-order valence-electron chi connectivity index (χ2n) is 6.73. The van der Waals surface area contributed by atoms with Crippen LogP contribution in [0.2, 0.25) is 5.02 Å². The van der Waals surface area contributed by atoms with Gasteiger partial charge in [0.1, 0.15) is 5.60 Å². The molecule has 0 N–H and O–H groups in total. The number of aromatic nitrogens is 4. The third-order valence-corrected chi connectivity index (χ3v) is 3.69. The van der Waals surface area contributed by atoms with E-state index in [0.717, 1.165) is 5.56 Å². The van der Waals surface area contributed by atoms with Crippen molar-refractivity contribution in [2.24, 2.45) is 0 Å². The molecule has 7 nitrogen and oxygen atoms in total. The van der Waals surface area contributed by atoms with Crippen LogP contribution >= 0.6 is 11.6 Å². The highest BCUT2D eigenvalue weighted by atomic mass is 35.5. The Labute approximate surface area is 161 Å². The van der Waals surface area contributed by atoms with Crippen LogP contribution in [0.1, 0.15) is 20.8 Å². The van der Waals surface area contributed by atoms with Crippen molar-refractivity contribution in [1.29, 1.82) is 0 Å². The Hall–Kier alpha value is -2.93. The minimum atomic E-state index is -0.568. The van der Waals surface area contributed by atoms with Crippen LogP contribution in [0.15, 0.2) is 49.1 Å². The molecule has 0 spiro atoms. The third-order valence-electron chi connectivity index (χ3n) is 3.39. The Balaban J connectivity index is 1.74. The van der Waals surface area contributed by atoms with E-state index in [-0.39, 0.29) is 12.5 Å². The number of halogens is 1. The second kappa shape index (κ2) is 7.75. The Bertz CT molecular complexity index is 919. The first-order valence-electron chi connectivity index (χ1n) is 8.28. The summed E-state index contributed by atoms with van der Waals surface area (Å²) in [6.45, 7) is 5.15. The highest BCUT2D eigenvalue weighted by molar-refractivity contribution is 6.33. The molecule has 0 amide bonds. The normalized spacial score (nSPS) is 11.3. The standard InChI is InChI=1S/C19H19ClN4O3/c1-19(2,3)27-18(25)12-26-17-9-14(15(20)11-22-17)13-5-6-16(21-10-13)24-8-4-7-23-24/h4-11H,12H2,1-3H3. The fourth-order valence-corrected chi connectivity index (χ4v) is 2.52. The summed E-state index contributed by atoms with van der Waals surface area (Å²) in [5.74, 6) is 0.498. The SMILES string of the molecule is CC(C)(C)OC(=O)COc1cc(-c2ccc(-n3cccn3)nc2)c(Cl)cn1. The van der Waals surface area contributed by atoms with Gasteiger partial charge >= 0.3 is 5.97 Å². The largest absolute Gasteiger partial charge is 0.466 e. The van der Waals surface area contributed by atoms with Crippen molar-refractivity contribution < 1.29 is 14.3 Å². The summed E-state index contributed by atoms with van der Waals surface area (Å²) in [6.07, 6.45) is 6.66. The van der Waals surface area contributed by atoms with Gasteiger partial charge in [-0.25, -0.2) is 19.4 Å². The molecule has 0 atom stereocenters. The second-order valence-corrected chi connectivity index (χ2v) is 7.14. The van der Waals surface area contributed by atoms with Gasteiger partial charge < -0.3 is 9.47 Å². The van der Waals surface area contributed by atoms with Crippen molar-refractivity contribution in [3.8, 4) is 22.8 Å². The number of carbonyl (C=O) groups is 1. The highest BCUT2D eigenvalue weighted by Crippen LogP contribution is 2.29. The number of hydrogen-bond acceptors (Lipinski definition) is 6. The van der Waals surface area contributed by atoms with Gasteiger partial charge in [0.15, 0.2) is 12.4 Å². The first-order valence-corrected chi connectivity index (χ1v) is 8.66. The molecule has 0 aliphatic carbocycles. The minimum Gasteiger partial charge on any atom is -0.466 e. The highest BCUT2D eigenvalue weighted by Gasteiger charge is 2.17. The minimum absolute atomic E-state index is 0.234. The van der Waals surface area contributed by atoms with E-state index >= 15 is 0 Å². The maximum atomic E-state index is 11.8. The van der Waals surface area contributed by atoms with Gasteiger partial charge in [0.25, 0.3) is 0 Å². The van der Waals surface area contributed by atoms with Gasteiger partial charge in [0.05, 0.1) is 11.2 Å². The number of nitrogens with zero attached hydrogens (tertiary/aromatic N) is 4. The van der Waals surface area contributed by atoms with E-state index in [1.54, 1.807) is 43.9 Å². The van der Waals surface area contributed by atoms with Gasteiger partial charge in [-0.2, -0.15) is 5.10 Å². The number of carbonyl (C=O) groups excluding carboxylic acids is 1. The van der Waals surface area contributed by atoms with Gasteiger partial charge in [-0.1, -0.05) is 11.6 Å². The molecule has 0 radical (unpaired) electrons. The number of hydrogen-bond donors (Lipinski definition) is 0. The van der Waals surface area contributed by atoms with Crippen molar-refractivity contribution >= 4 is 17.6 Å². The fourth-order valence-electron chi connectivity index (χ4n) is 2.31. The lowest BCUT2D eigenvalue weighted by Crippen LogP contribution is -2.27. The van der Waals surface area contributed by atoms with Crippen molar-refractivity contribution in [1.82, 2.24) is 19.7 Å². The monoisotopic (exact) mass is 386 g/mol. The first kappa shape index (κ1) is 18.8. The van der Waals surface area contributed by atoms with Crippen molar-refractivity contribution in [3.63, 3.8) is 0 Å². The lowest BCUT2D eigenvalue weighted by atomic mass is 10.1. The molecule has 0 saturated heterocycles.